The van der Waals surface area contributed by atoms with Crippen molar-refractivity contribution in [3.05, 3.63) is 34.4 Å². The standard InChI is InChI=1S/C16H18ClN5O3/c1-7(25-18)14(19-2)9-4-10-8(5-11(9)24-3)13-15(17)21-12(6-23)22-16(13)20-10/h4-5,19,23H,6,18H2,1-3H3,(H,20,21,22)/b14-7-. The SMILES string of the molecule is CN/C(=C(/C)ON)c1cc2[nH]c3nc(CO)nc(Cl)c3c2cc1OC. The highest BCUT2D eigenvalue weighted by molar-refractivity contribution is 6.36. The van der Waals surface area contributed by atoms with Crippen molar-refractivity contribution >= 4 is 39.2 Å². The summed E-state index contributed by atoms with van der Waals surface area (Å²) in [4.78, 5) is 16.4. The molecule has 3 rings (SSSR count). The van der Waals surface area contributed by atoms with Crippen LogP contribution >= 0.6 is 11.6 Å². The molecule has 0 aliphatic carbocycles. The number of halogens is 1. The summed E-state index contributed by atoms with van der Waals surface area (Å²) >= 11 is 6.28. The number of hydrogen-bond acceptors (Lipinski definition) is 7. The number of ether oxygens (including phenoxy) is 1. The van der Waals surface area contributed by atoms with Crippen LogP contribution in [0, 0.1) is 0 Å². The van der Waals surface area contributed by atoms with E-state index in [2.05, 4.69) is 20.3 Å². The van der Waals surface area contributed by atoms with Gasteiger partial charge in [0.2, 0.25) is 0 Å². The Hall–Kier alpha value is -2.55. The molecule has 8 nitrogen and oxygen atoms in total. The number of nitrogens with one attached hydrogen (secondary N) is 2. The topological polar surface area (TPSA) is 118 Å². The largest absolute Gasteiger partial charge is 0.496 e. The number of rotatable bonds is 5. The maximum Gasteiger partial charge on any atom is 0.157 e. The van der Waals surface area contributed by atoms with Crippen molar-refractivity contribution in [2.24, 2.45) is 5.90 Å². The molecule has 0 unspecified atom stereocenters. The zero-order valence-corrected chi connectivity index (χ0v) is 14.7. The van der Waals surface area contributed by atoms with Gasteiger partial charge < -0.3 is 25.0 Å². The average Bonchev–Trinajstić information content (AvgIpc) is 2.98. The Morgan fingerprint density at radius 1 is 1.40 bits per heavy atom. The van der Waals surface area contributed by atoms with E-state index in [0.29, 0.717) is 28.2 Å². The molecule has 9 heteroatoms. The van der Waals surface area contributed by atoms with Crippen LogP contribution in [0.15, 0.2) is 17.9 Å². The Morgan fingerprint density at radius 3 is 2.76 bits per heavy atom. The number of aromatic nitrogens is 3. The fourth-order valence-corrected chi connectivity index (χ4v) is 3.11. The van der Waals surface area contributed by atoms with Crippen LogP contribution in [0.25, 0.3) is 27.6 Å². The van der Waals surface area contributed by atoms with E-state index in [1.807, 2.05) is 12.1 Å². The number of nitrogens with zero attached hydrogens (tertiary/aromatic N) is 2. The van der Waals surface area contributed by atoms with Crippen molar-refractivity contribution in [2.75, 3.05) is 14.2 Å². The highest BCUT2D eigenvalue weighted by atomic mass is 35.5. The predicted molar refractivity (Wildman–Crippen MR) is 95.8 cm³/mol. The molecule has 2 aromatic heterocycles. The van der Waals surface area contributed by atoms with Crippen LogP contribution in [0.5, 0.6) is 5.75 Å². The lowest BCUT2D eigenvalue weighted by Gasteiger charge is -2.14. The first-order chi connectivity index (χ1) is 12.0. The molecule has 0 amide bonds. The number of benzene rings is 1. The molecule has 0 spiro atoms. The quantitative estimate of drug-likeness (QED) is 0.311. The van der Waals surface area contributed by atoms with Crippen LogP contribution in [0.2, 0.25) is 5.15 Å². The number of allylic oxidation sites excluding steroid dienone is 1. The van der Waals surface area contributed by atoms with Gasteiger partial charge in [0, 0.05) is 23.5 Å². The zero-order valence-electron chi connectivity index (χ0n) is 14.0. The Kier molecular flexibility index (Phi) is 4.67. The van der Waals surface area contributed by atoms with Crippen LogP contribution in [0.1, 0.15) is 18.3 Å². The van der Waals surface area contributed by atoms with Crippen molar-refractivity contribution in [3.8, 4) is 5.75 Å². The fourth-order valence-electron chi connectivity index (χ4n) is 2.82. The number of aliphatic hydroxyl groups excluding tert-OH is 1. The van der Waals surface area contributed by atoms with E-state index in [9.17, 15) is 5.11 Å². The minimum Gasteiger partial charge on any atom is -0.496 e. The highest BCUT2D eigenvalue weighted by Gasteiger charge is 2.18. The van der Waals surface area contributed by atoms with E-state index < -0.39 is 0 Å². The third-order valence-corrected chi connectivity index (χ3v) is 4.24. The monoisotopic (exact) mass is 363 g/mol. The number of H-pyrrole nitrogens is 1. The van der Waals surface area contributed by atoms with Crippen LogP contribution in [0.3, 0.4) is 0 Å². The minimum absolute atomic E-state index is 0.249. The van der Waals surface area contributed by atoms with E-state index in [0.717, 1.165) is 16.5 Å². The van der Waals surface area contributed by atoms with E-state index in [1.165, 1.54) is 0 Å². The minimum atomic E-state index is -0.292. The predicted octanol–water partition coefficient (Wildman–Crippen LogP) is 2.06. The molecule has 25 heavy (non-hydrogen) atoms. The molecule has 0 aliphatic rings. The van der Waals surface area contributed by atoms with Crippen LogP contribution in [-0.2, 0) is 11.4 Å². The van der Waals surface area contributed by atoms with Gasteiger partial charge in [-0.25, -0.2) is 9.97 Å². The number of hydrogen-bond donors (Lipinski definition) is 4. The first-order valence-corrected chi connectivity index (χ1v) is 7.84. The second-order valence-corrected chi connectivity index (χ2v) is 5.69. The normalized spacial score (nSPS) is 12.4. The van der Waals surface area contributed by atoms with Crippen molar-refractivity contribution in [2.45, 2.75) is 13.5 Å². The van der Waals surface area contributed by atoms with E-state index in [-0.39, 0.29) is 17.6 Å². The van der Waals surface area contributed by atoms with Crippen molar-refractivity contribution in [1.29, 1.82) is 0 Å². The summed E-state index contributed by atoms with van der Waals surface area (Å²) in [5, 5.41) is 14.1. The summed E-state index contributed by atoms with van der Waals surface area (Å²) < 4.78 is 5.53. The van der Waals surface area contributed by atoms with E-state index >= 15 is 0 Å². The number of aromatic amines is 1. The summed E-state index contributed by atoms with van der Waals surface area (Å²) in [6.45, 7) is 1.45. The summed E-state index contributed by atoms with van der Waals surface area (Å²) in [5.41, 5.74) is 2.78. The summed E-state index contributed by atoms with van der Waals surface area (Å²) in [6.07, 6.45) is 0. The average molecular weight is 364 g/mol. The van der Waals surface area contributed by atoms with Gasteiger partial charge in [0.25, 0.3) is 0 Å². The molecule has 5 N–H and O–H groups in total. The lowest BCUT2D eigenvalue weighted by atomic mass is 10.1. The first-order valence-electron chi connectivity index (χ1n) is 7.46. The third-order valence-electron chi connectivity index (χ3n) is 3.96. The Balaban J connectivity index is 2.36. The number of methoxy groups -OCH3 is 1. The molecule has 0 fully saturated rings. The third kappa shape index (κ3) is 2.84. The molecule has 0 bridgehead atoms. The second-order valence-electron chi connectivity index (χ2n) is 5.33. The van der Waals surface area contributed by atoms with Gasteiger partial charge in [0.15, 0.2) is 5.82 Å². The Morgan fingerprint density at radius 2 is 2.16 bits per heavy atom. The van der Waals surface area contributed by atoms with Gasteiger partial charge in [-0.1, -0.05) is 11.6 Å². The number of fused-ring (bicyclic) bond motifs is 3. The Bertz CT molecular complexity index is 983. The maximum absolute atomic E-state index is 9.26. The van der Waals surface area contributed by atoms with Gasteiger partial charge in [0.1, 0.15) is 28.9 Å². The second kappa shape index (κ2) is 6.75. The smallest absolute Gasteiger partial charge is 0.157 e. The summed E-state index contributed by atoms with van der Waals surface area (Å²) in [6, 6.07) is 3.73. The van der Waals surface area contributed by atoms with Gasteiger partial charge in [-0.05, 0) is 19.1 Å². The number of aliphatic hydroxyl groups is 1. The maximum atomic E-state index is 9.26. The summed E-state index contributed by atoms with van der Waals surface area (Å²) in [5.74, 6) is 6.67. The van der Waals surface area contributed by atoms with Crippen molar-refractivity contribution in [3.63, 3.8) is 0 Å². The molecule has 0 saturated heterocycles. The molecular formula is C16H18ClN5O3. The van der Waals surface area contributed by atoms with Gasteiger partial charge in [-0.2, -0.15) is 5.90 Å². The Labute approximate surface area is 148 Å². The molecule has 132 valence electrons. The molecule has 0 atom stereocenters. The van der Waals surface area contributed by atoms with E-state index in [1.54, 1.807) is 21.1 Å². The van der Waals surface area contributed by atoms with E-state index in [4.69, 9.17) is 27.1 Å². The highest BCUT2D eigenvalue weighted by Crippen LogP contribution is 2.36. The first kappa shape index (κ1) is 17.3. The molecule has 0 aliphatic heterocycles. The number of nitrogens with two attached hydrogens (primary N) is 1. The van der Waals surface area contributed by atoms with Crippen molar-refractivity contribution in [1.82, 2.24) is 20.3 Å². The molecule has 0 saturated carbocycles. The molecule has 2 heterocycles. The lowest BCUT2D eigenvalue weighted by molar-refractivity contribution is 0.223. The fraction of sp³-hybridized carbons (Fsp3) is 0.250. The summed E-state index contributed by atoms with van der Waals surface area (Å²) in [7, 11) is 3.34. The molecule has 1 aromatic carbocycles. The molecular weight excluding hydrogens is 346 g/mol. The van der Waals surface area contributed by atoms with Crippen molar-refractivity contribution < 1.29 is 14.7 Å². The van der Waals surface area contributed by atoms with Crippen LogP contribution in [-0.4, -0.2) is 34.2 Å². The van der Waals surface area contributed by atoms with Crippen LogP contribution < -0.4 is 16.0 Å². The van der Waals surface area contributed by atoms with Gasteiger partial charge in [-0.15, -0.1) is 0 Å². The van der Waals surface area contributed by atoms with Gasteiger partial charge in [0.05, 0.1) is 18.2 Å². The molecule has 0 radical (unpaired) electrons. The van der Waals surface area contributed by atoms with Gasteiger partial charge in [-0.3, -0.25) is 0 Å². The molecule has 3 aromatic rings. The van der Waals surface area contributed by atoms with Gasteiger partial charge >= 0.3 is 0 Å². The zero-order chi connectivity index (χ0) is 18.1. The van der Waals surface area contributed by atoms with Crippen LogP contribution in [0.4, 0.5) is 0 Å². The lowest BCUT2D eigenvalue weighted by Crippen LogP contribution is -2.11.